The highest BCUT2D eigenvalue weighted by Crippen LogP contribution is 2.37. The molecule has 1 aromatic carbocycles. The van der Waals surface area contributed by atoms with Gasteiger partial charge in [-0.25, -0.2) is 0 Å². The Morgan fingerprint density at radius 3 is 2.44 bits per heavy atom. The van der Waals surface area contributed by atoms with Crippen molar-refractivity contribution in [1.82, 2.24) is 5.32 Å². The van der Waals surface area contributed by atoms with Crippen LogP contribution in [-0.4, -0.2) is 13.1 Å². The third-order valence-corrected chi connectivity index (χ3v) is 3.81. The number of benzene rings is 1. The third kappa shape index (κ3) is 2.85. The molecule has 1 nitrogen and oxygen atoms in total. The molecule has 0 amide bonds. The van der Waals surface area contributed by atoms with Gasteiger partial charge in [0, 0.05) is 6.04 Å². The fraction of sp³-hybridized carbons (Fsp3) is 0.600. The van der Waals surface area contributed by atoms with Crippen molar-refractivity contribution in [2.24, 2.45) is 5.92 Å². The van der Waals surface area contributed by atoms with Gasteiger partial charge in [0.15, 0.2) is 0 Å². The second-order valence-corrected chi connectivity index (χ2v) is 5.00. The molecule has 1 fully saturated rings. The van der Waals surface area contributed by atoms with Gasteiger partial charge >= 0.3 is 0 Å². The van der Waals surface area contributed by atoms with Gasteiger partial charge in [-0.05, 0) is 37.3 Å². The molecule has 0 radical (unpaired) electrons. The van der Waals surface area contributed by atoms with Gasteiger partial charge in [-0.15, -0.1) is 0 Å². The smallest absolute Gasteiger partial charge is 0.0135 e. The van der Waals surface area contributed by atoms with E-state index in [0.717, 1.165) is 5.92 Å². The van der Waals surface area contributed by atoms with Crippen molar-refractivity contribution in [1.29, 1.82) is 0 Å². The van der Waals surface area contributed by atoms with E-state index < -0.39 is 0 Å². The Labute approximate surface area is 99.3 Å². The molecule has 1 aliphatic carbocycles. The first-order valence-electron chi connectivity index (χ1n) is 6.57. The quantitative estimate of drug-likeness (QED) is 0.768. The maximum absolute atomic E-state index is 3.52. The normalized spacial score (nSPS) is 19.4. The molecule has 0 saturated heterocycles. The van der Waals surface area contributed by atoms with E-state index in [0.29, 0.717) is 12.0 Å². The molecule has 2 atom stereocenters. The predicted octanol–water partition coefficient (Wildman–Crippen LogP) is 3.57. The largest absolute Gasteiger partial charge is 0.316 e. The molecule has 1 aliphatic rings. The second kappa shape index (κ2) is 5.49. The minimum Gasteiger partial charge on any atom is -0.316 e. The molecule has 2 rings (SSSR count). The van der Waals surface area contributed by atoms with Gasteiger partial charge in [-0.2, -0.15) is 0 Å². The predicted molar refractivity (Wildman–Crippen MR) is 69.7 cm³/mol. The van der Waals surface area contributed by atoms with Gasteiger partial charge in [0.1, 0.15) is 0 Å². The van der Waals surface area contributed by atoms with Crippen LogP contribution in [0.25, 0.3) is 0 Å². The molecule has 0 bridgehead atoms. The summed E-state index contributed by atoms with van der Waals surface area (Å²) in [6.45, 7) is 2.30. The Balaban J connectivity index is 2.06. The topological polar surface area (TPSA) is 12.0 Å². The highest BCUT2D eigenvalue weighted by Gasteiger charge is 2.29. The van der Waals surface area contributed by atoms with Crippen molar-refractivity contribution in [2.75, 3.05) is 7.05 Å². The average Bonchev–Trinajstić information content (AvgIpc) is 3.14. The molecule has 0 spiro atoms. The lowest BCUT2D eigenvalue weighted by atomic mass is 9.86. The lowest BCUT2D eigenvalue weighted by Gasteiger charge is -2.26. The van der Waals surface area contributed by atoms with Crippen molar-refractivity contribution < 1.29 is 0 Å². The van der Waals surface area contributed by atoms with Crippen molar-refractivity contribution in [3.63, 3.8) is 0 Å². The fourth-order valence-electron chi connectivity index (χ4n) is 2.65. The summed E-state index contributed by atoms with van der Waals surface area (Å²) >= 11 is 0. The van der Waals surface area contributed by atoms with Crippen LogP contribution in [0.3, 0.4) is 0 Å². The van der Waals surface area contributed by atoms with Crippen LogP contribution in [0.1, 0.15) is 44.1 Å². The van der Waals surface area contributed by atoms with Crippen LogP contribution in [0.2, 0.25) is 0 Å². The van der Waals surface area contributed by atoms with Gasteiger partial charge in [0.2, 0.25) is 0 Å². The molecule has 1 N–H and O–H groups in total. The zero-order valence-corrected chi connectivity index (χ0v) is 10.4. The summed E-state index contributed by atoms with van der Waals surface area (Å²) < 4.78 is 0. The number of rotatable bonds is 6. The molecule has 0 heterocycles. The minimum absolute atomic E-state index is 0.653. The minimum atomic E-state index is 0.653. The Morgan fingerprint density at radius 1 is 1.25 bits per heavy atom. The first-order chi connectivity index (χ1) is 7.85. The molecule has 2 unspecified atom stereocenters. The molecular weight excluding hydrogens is 194 g/mol. The molecule has 16 heavy (non-hydrogen) atoms. The monoisotopic (exact) mass is 217 g/mol. The van der Waals surface area contributed by atoms with Gasteiger partial charge in [0.25, 0.3) is 0 Å². The van der Waals surface area contributed by atoms with Crippen LogP contribution in [-0.2, 0) is 0 Å². The third-order valence-electron chi connectivity index (χ3n) is 3.81. The number of hydrogen-bond donors (Lipinski definition) is 1. The van der Waals surface area contributed by atoms with Crippen molar-refractivity contribution in [3.05, 3.63) is 35.9 Å². The molecule has 88 valence electrons. The van der Waals surface area contributed by atoms with Gasteiger partial charge in [0.05, 0.1) is 0 Å². The highest BCUT2D eigenvalue weighted by atomic mass is 14.9. The van der Waals surface area contributed by atoms with E-state index in [1.807, 2.05) is 0 Å². The van der Waals surface area contributed by atoms with Crippen molar-refractivity contribution in [3.8, 4) is 0 Å². The van der Waals surface area contributed by atoms with Crippen molar-refractivity contribution >= 4 is 0 Å². The molecule has 1 heteroatoms. The van der Waals surface area contributed by atoms with E-state index in [4.69, 9.17) is 0 Å². The summed E-state index contributed by atoms with van der Waals surface area (Å²) in [6, 6.07) is 11.6. The maximum Gasteiger partial charge on any atom is 0.0135 e. The van der Waals surface area contributed by atoms with Crippen LogP contribution >= 0.6 is 0 Å². The lowest BCUT2D eigenvalue weighted by Crippen LogP contribution is -2.32. The summed E-state index contributed by atoms with van der Waals surface area (Å²) in [7, 11) is 2.11. The molecule has 0 aliphatic heterocycles. The number of hydrogen-bond acceptors (Lipinski definition) is 1. The Kier molecular flexibility index (Phi) is 4.00. The molecule has 0 aromatic heterocycles. The molecular formula is C15H23N. The maximum atomic E-state index is 3.52. The summed E-state index contributed by atoms with van der Waals surface area (Å²) in [5.74, 6) is 1.67. The highest BCUT2D eigenvalue weighted by molar-refractivity contribution is 5.21. The zero-order chi connectivity index (χ0) is 11.4. The Bertz CT molecular complexity index is 302. The van der Waals surface area contributed by atoms with E-state index in [2.05, 4.69) is 49.6 Å². The summed E-state index contributed by atoms with van der Waals surface area (Å²) in [5.41, 5.74) is 1.49. The summed E-state index contributed by atoms with van der Waals surface area (Å²) in [5, 5.41) is 3.52. The molecule has 1 saturated carbocycles. The summed E-state index contributed by atoms with van der Waals surface area (Å²) in [6.07, 6.45) is 5.47. The van der Waals surface area contributed by atoms with E-state index in [9.17, 15) is 0 Å². The van der Waals surface area contributed by atoms with Crippen LogP contribution in [0.15, 0.2) is 30.3 Å². The lowest BCUT2D eigenvalue weighted by molar-refractivity contribution is 0.407. The zero-order valence-electron chi connectivity index (χ0n) is 10.4. The SMILES string of the molecule is CCC(c1ccccc1)C(CC1CC1)NC. The van der Waals surface area contributed by atoms with Gasteiger partial charge in [-0.1, -0.05) is 50.1 Å². The van der Waals surface area contributed by atoms with Crippen LogP contribution in [0.5, 0.6) is 0 Å². The number of nitrogens with one attached hydrogen (secondary N) is 1. The average molecular weight is 217 g/mol. The van der Waals surface area contributed by atoms with E-state index in [1.54, 1.807) is 0 Å². The van der Waals surface area contributed by atoms with E-state index in [-0.39, 0.29) is 0 Å². The van der Waals surface area contributed by atoms with Gasteiger partial charge < -0.3 is 5.32 Å². The van der Waals surface area contributed by atoms with Gasteiger partial charge in [-0.3, -0.25) is 0 Å². The number of likely N-dealkylation sites (N-methyl/N-ethyl adjacent to an activating group) is 1. The van der Waals surface area contributed by atoms with E-state index in [1.165, 1.54) is 31.2 Å². The Morgan fingerprint density at radius 2 is 1.94 bits per heavy atom. The first kappa shape index (κ1) is 11.7. The first-order valence-corrected chi connectivity index (χ1v) is 6.57. The standard InChI is InChI=1S/C15H23N/c1-3-14(13-7-5-4-6-8-13)15(16-2)11-12-9-10-12/h4-8,12,14-16H,3,9-11H2,1-2H3. The second-order valence-electron chi connectivity index (χ2n) is 5.00. The van der Waals surface area contributed by atoms with Crippen LogP contribution in [0.4, 0.5) is 0 Å². The van der Waals surface area contributed by atoms with Crippen LogP contribution < -0.4 is 5.32 Å². The molecule has 1 aromatic rings. The fourth-order valence-corrected chi connectivity index (χ4v) is 2.65. The van der Waals surface area contributed by atoms with Crippen molar-refractivity contribution in [2.45, 2.75) is 44.6 Å². The van der Waals surface area contributed by atoms with Crippen LogP contribution in [0, 0.1) is 5.92 Å². The summed E-state index contributed by atoms with van der Waals surface area (Å²) in [4.78, 5) is 0. The van der Waals surface area contributed by atoms with E-state index >= 15 is 0 Å². The Hall–Kier alpha value is -0.820.